The molecule has 0 aliphatic rings. The molecule has 8 nitrogen and oxygen atoms in total. The van der Waals surface area contributed by atoms with Crippen molar-refractivity contribution in [3.05, 3.63) is 39.0 Å². The van der Waals surface area contributed by atoms with Gasteiger partial charge in [-0.25, -0.2) is 0 Å². The molecule has 2 aromatic heterocycles. The molecule has 9 heteroatoms. The smallest absolute Gasteiger partial charge is 0.251 e. The Labute approximate surface area is 122 Å². The van der Waals surface area contributed by atoms with E-state index in [9.17, 15) is 9.59 Å². The highest BCUT2D eigenvalue weighted by molar-refractivity contribution is 9.10. The monoisotopic (exact) mass is 340 g/mol. The van der Waals surface area contributed by atoms with Crippen LogP contribution in [0.2, 0.25) is 0 Å². The molecule has 1 amide bonds. The van der Waals surface area contributed by atoms with Crippen LogP contribution in [0.4, 0.5) is 0 Å². The van der Waals surface area contributed by atoms with E-state index in [0.29, 0.717) is 12.4 Å². The summed E-state index contributed by atoms with van der Waals surface area (Å²) in [6.45, 7) is 2.58. The first kappa shape index (κ1) is 14.4. The van der Waals surface area contributed by atoms with Gasteiger partial charge in [0.05, 0.1) is 6.54 Å². The highest BCUT2D eigenvalue weighted by Crippen LogP contribution is 2.05. The van der Waals surface area contributed by atoms with Crippen LogP contribution < -0.4 is 5.56 Å². The van der Waals surface area contributed by atoms with Crippen LogP contribution >= 0.6 is 15.9 Å². The average Bonchev–Trinajstić information content (AvgIpc) is 2.93. The summed E-state index contributed by atoms with van der Waals surface area (Å²) < 4.78 is 2.09. The number of carbonyl (C=O) groups excluding carboxylic acids is 1. The standard InChI is InChI=1S/C11H13BrN6O2/c1-2-17(6-9-13-15-16-14-9)11(20)7-18-5-8(12)3-4-10(18)19/h3-5H,2,6-7H2,1H3,(H,13,14,15,16). The minimum Gasteiger partial charge on any atom is -0.334 e. The van der Waals surface area contributed by atoms with Gasteiger partial charge in [0, 0.05) is 23.3 Å². The number of tetrazole rings is 1. The first-order valence-electron chi connectivity index (χ1n) is 5.96. The molecular weight excluding hydrogens is 328 g/mol. The van der Waals surface area contributed by atoms with Crippen molar-refractivity contribution in [2.24, 2.45) is 0 Å². The second-order valence-corrected chi connectivity index (χ2v) is 4.97. The Balaban J connectivity index is 2.09. The van der Waals surface area contributed by atoms with Crippen LogP contribution in [-0.2, 0) is 17.9 Å². The van der Waals surface area contributed by atoms with E-state index < -0.39 is 0 Å². The molecule has 20 heavy (non-hydrogen) atoms. The number of halogens is 1. The van der Waals surface area contributed by atoms with E-state index >= 15 is 0 Å². The molecule has 0 saturated heterocycles. The number of hydrogen-bond donors (Lipinski definition) is 1. The fraction of sp³-hybridized carbons (Fsp3) is 0.364. The molecule has 2 heterocycles. The maximum absolute atomic E-state index is 12.2. The maximum atomic E-state index is 12.2. The fourth-order valence-electron chi connectivity index (χ4n) is 1.67. The van der Waals surface area contributed by atoms with E-state index in [1.807, 2.05) is 6.92 Å². The maximum Gasteiger partial charge on any atom is 0.251 e. The number of amides is 1. The van der Waals surface area contributed by atoms with Crippen LogP contribution in [0.3, 0.4) is 0 Å². The third-order valence-electron chi connectivity index (χ3n) is 2.71. The summed E-state index contributed by atoms with van der Waals surface area (Å²) in [7, 11) is 0. The number of nitrogens with one attached hydrogen (secondary N) is 1. The van der Waals surface area contributed by atoms with Gasteiger partial charge in [-0.2, -0.15) is 5.21 Å². The molecule has 1 N–H and O–H groups in total. The number of rotatable bonds is 5. The summed E-state index contributed by atoms with van der Waals surface area (Å²) in [5.74, 6) is 0.249. The SMILES string of the molecule is CCN(Cc1nn[nH]n1)C(=O)Cn1cc(Br)ccc1=O. The summed E-state index contributed by atoms with van der Waals surface area (Å²) in [4.78, 5) is 25.4. The van der Waals surface area contributed by atoms with Crippen molar-refractivity contribution in [3.8, 4) is 0 Å². The predicted molar refractivity (Wildman–Crippen MR) is 73.7 cm³/mol. The zero-order valence-electron chi connectivity index (χ0n) is 10.8. The third-order valence-corrected chi connectivity index (χ3v) is 3.18. The Hall–Kier alpha value is -2.03. The zero-order chi connectivity index (χ0) is 14.5. The minimum absolute atomic E-state index is 0.0238. The molecule has 0 bridgehead atoms. The van der Waals surface area contributed by atoms with E-state index in [1.54, 1.807) is 17.2 Å². The van der Waals surface area contributed by atoms with Gasteiger partial charge in [-0.05, 0) is 28.9 Å². The highest BCUT2D eigenvalue weighted by Gasteiger charge is 2.15. The van der Waals surface area contributed by atoms with E-state index in [2.05, 4.69) is 36.6 Å². The van der Waals surface area contributed by atoms with Gasteiger partial charge in [-0.1, -0.05) is 5.21 Å². The number of aromatic nitrogens is 5. The second kappa shape index (κ2) is 6.42. The van der Waals surface area contributed by atoms with Gasteiger partial charge < -0.3 is 9.47 Å². The molecule has 106 valence electrons. The lowest BCUT2D eigenvalue weighted by atomic mass is 10.4. The van der Waals surface area contributed by atoms with Crippen LogP contribution in [0.1, 0.15) is 12.7 Å². The summed E-state index contributed by atoms with van der Waals surface area (Å²) in [5.41, 5.74) is -0.225. The van der Waals surface area contributed by atoms with Gasteiger partial charge in [0.25, 0.3) is 5.56 Å². The number of H-pyrrole nitrogens is 1. The minimum atomic E-state index is -0.225. The molecule has 0 unspecified atom stereocenters. The van der Waals surface area contributed by atoms with Crippen LogP contribution in [0, 0.1) is 0 Å². The Morgan fingerprint density at radius 3 is 2.95 bits per heavy atom. The summed E-state index contributed by atoms with van der Waals surface area (Å²) in [6.07, 6.45) is 1.59. The van der Waals surface area contributed by atoms with Crippen LogP contribution in [-0.4, -0.2) is 42.5 Å². The second-order valence-electron chi connectivity index (χ2n) is 4.05. The summed E-state index contributed by atoms with van der Waals surface area (Å²) in [6, 6.07) is 3.05. The largest absolute Gasteiger partial charge is 0.334 e. The van der Waals surface area contributed by atoms with Crippen LogP contribution in [0.25, 0.3) is 0 Å². The molecule has 0 aliphatic carbocycles. The van der Waals surface area contributed by atoms with Crippen LogP contribution in [0.15, 0.2) is 27.6 Å². The molecule has 0 aliphatic heterocycles. The van der Waals surface area contributed by atoms with Gasteiger partial charge in [-0.15, -0.1) is 10.2 Å². The highest BCUT2D eigenvalue weighted by atomic mass is 79.9. The topological polar surface area (TPSA) is 96.8 Å². The van der Waals surface area contributed by atoms with Crippen molar-refractivity contribution in [1.82, 2.24) is 30.1 Å². The summed E-state index contributed by atoms with van der Waals surface area (Å²) in [5, 5.41) is 13.4. The van der Waals surface area contributed by atoms with E-state index in [4.69, 9.17) is 0 Å². The van der Waals surface area contributed by atoms with Gasteiger partial charge in [0.15, 0.2) is 5.82 Å². The van der Waals surface area contributed by atoms with Gasteiger partial charge in [0.1, 0.15) is 6.54 Å². The zero-order valence-corrected chi connectivity index (χ0v) is 12.4. The molecular formula is C11H13BrN6O2. The fourth-order valence-corrected chi connectivity index (χ4v) is 2.05. The van der Waals surface area contributed by atoms with Crippen LogP contribution in [0.5, 0.6) is 0 Å². The Bertz CT molecular complexity index is 639. The first-order chi connectivity index (χ1) is 9.60. The molecule has 0 fully saturated rings. The molecule has 2 rings (SSSR count). The normalized spacial score (nSPS) is 10.5. The lowest BCUT2D eigenvalue weighted by Gasteiger charge is -2.19. The van der Waals surface area contributed by atoms with Crippen molar-refractivity contribution >= 4 is 21.8 Å². The van der Waals surface area contributed by atoms with Gasteiger partial charge >= 0.3 is 0 Å². The van der Waals surface area contributed by atoms with E-state index in [0.717, 1.165) is 4.47 Å². The lowest BCUT2D eigenvalue weighted by Crippen LogP contribution is -2.36. The molecule has 0 spiro atoms. The Morgan fingerprint density at radius 1 is 1.50 bits per heavy atom. The Kier molecular flexibility index (Phi) is 4.61. The average molecular weight is 341 g/mol. The number of nitrogens with zero attached hydrogens (tertiary/aromatic N) is 5. The predicted octanol–water partition coefficient (Wildman–Crippen LogP) is 0.173. The number of pyridine rings is 1. The molecule has 0 atom stereocenters. The first-order valence-corrected chi connectivity index (χ1v) is 6.75. The van der Waals surface area contributed by atoms with E-state index in [-0.39, 0.29) is 24.6 Å². The number of aromatic amines is 1. The molecule has 2 aromatic rings. The summed E-state index contributed by atoms with van der Waals surface area (Å²) >= 11 is 3.27. The molecule has 0 aromatic carbocycles. The number of likely N-dealkylation sites (N-methyl/N-ethyl adjacent to an activating group) is 1. The third kappa shape index (κ3) is 3.50. The molecule has 0 saturated carbocycles. The van der Waals surface area contributed by atoms with Crippen molar-refractivity contribution < 1.29 is 4.79 Å². The number of carbonyl (C=O) groups is 1. The quantitative estimate of drug-likeness (QED) is 0.836. The van der Waals surface area contributed by atoms with E-state index in [1.165, 1.54) is 10.6 Å². The lowest BCUT2D eigenvalue weighted by molar-refractivity contribution is -0.132. The van der Waals surface area contributed by atoms with Gasteiger partial charge in [0.2, 0.25) is 5.91 Å². The molecule has 0 radical (unpaired) electrons. The van der Waals surface area contributed by atoms with Crippen molar-refractivity contribution in [2.75, 3.05) is 6.54 Å². The number of hydrogen-bond acceptors (Lipinski definition) is 5. The van der Waals surface area contributed by atoms with Gasteiger partial charge in [-0.3, -0.25) is 9.59 Å². The van der Waals surface area contributed by atoms with Crippen molar-refractivity contribution in [2.45, 2.75) is 20.0 Å². The Morgan fingerprint density at radius 2 is 2.30 bits per heavy atom. The van der Waals surface area contributed by atoms with Crippen molar-refractivity contribution in [1.29, 1.82) is 0 Å². The van der Waals surface area contributed by atoms with Crippen molar-refractivity contribution in [3.63, 3.8) is 0 Å².